The summed E-state index contributed by atoms with van der Waals surface area (Å²) in [4.78, 5) is 34.7. The topological polar surface area (TPSA) is 76.9 Å². The number of carbonyl (C=O) groups excluding carboxylic acids is 1. The van der Waals surface area contributed by atoms with E-state index >= 15 is 0 Å². The van der Waals surface area contributed by atoms with Crippen molar-refractivity contribution in [1.29, 1.82) is 0 Å². The lowest BCUT2D eigenvalue weighted by molar-refractivity contribution is -0.116. The summed E-state index contributed by atoms with van der Waals surface area (Å²) in [7, 11) is 0. The fraction of sp³-hybridized carbons (Fsp3) is 0.200. The molecule has 0 spiro atoms. The molecule has 0 unspecified atom stereocenters. The summed E-state index contributed by atoms with van der Waals surface area (Å²) in [5.74, 6) is 0.672. The predicted octanol–water partition coefficient (Wildman–Crippen LogP) is 2.11. The van der Waals surface area contributed by atoms with Crippen LogP contribution >= 0.6 is 11.3 Å². The molecule has 3 heterocycles. The number of anilines is 1. The largest absolute Gasteiger partial charge is 0.309 e. The van der Waals surface area contributed by atoms with Gasteiger partial charge in [0.05, 0.1) is 5.39 Å². The molecule has 0 radical (unpaired) electrons. The van der Waals surface area contributed by atoms with E-state index < -0.39 is 0 Å². The molecular weight excluding hydrogens is 300 g/mol. The van der Waals surface area contributed by atoms with E-state index in [9.17, 15) is 9.59 Å². The van der Waals surface area contributed by atoms with Gasteiger partial charge in [-0.1, -0.05) is 6.07 Å². The van der Waals surface area contributed by atoms with Crippen LogP contribution in [0.3, 0.4) is 0 Å². The van der Waals surface area contributed by atoms with Crippen molar-refractivity contribution in [3.05, 3.63) is 51.5 Å². The fourth-order valence-corrected chi connectivity index (χ4v) is 3.10. The molecule has 112 valence electrons. The summed E-state index contributed by atoms with van der Waals surface area (Å²) >= 11 is 1.48. The van der Waals surface area contributed by atoms with Gasteiger partial charge in [-0.2, -0.15) is 0 Å². The zero-order valence-corrected chi connectivity index (χ0v) is 13.0. The number of fused-ring (bicyclic) bond motifs is 1. The van der Waals surface area contributed by atoms with Crippen LogP contribution in [0.25, 0.3) is 10.2 Å². The van der Waals surface area contributed by atoms with E-state index in [4.69, 9.17) is 0 Å². The van der Waals surface area contributed by atoms with E-state index in [0.29, 0.717) is 21.9 Å². The lowest BCUT2D eigenvalue weighted by Gasteiger charge is -2.09. The summed E-state index contributed by atoms with van der Waals surface area (Å²) < 4.78 is 1.38. The van der Waals surface area contributed by atoms with Crippen molar-refractivity contribution in [3.63, 3.8) is 0 Å². The molecule has 0 aliphatic carbocycles. The second-order valence-electron chi connectivity index (χ2n) is 4.89. The van der Waals surface area contributed by atoms with Crippen molar-refractivity contribution >= 4 is 33.3 Å². The first-order chi connectivity index (χ1) is 10.5. The van der Waals surface area contributed by atoms with Gasteiger partial charge in [-0.3, -0.25) is 14.2 Å². The highest BCUT2D eigenvalue weighted by molar-refractivity contribution is 7.18. The Bertz CT molecular complexity index is 899. The molecule has 1 amide bonds. The van der Waals surface area contributed by atoms with Crippen molar-refractivity contribution in [3.8, 4) is 0 Å². The highest BCUT2D eigenvalue weighted by Crippen LogP contribution is 2.20. The molecule has 7 heteroatoms. The molecule has 0 fully saturated rings. The monoisotopic (exact) mass is 314 g/mol. The first kappa shape index (κ1) is 14.4. The first-order valence-corrected chi connectivity index (χ1v) is 7.55. The normalized spacial score (nSPS) is 10.8. The van der Waals surface area contributed by atoms with Crippen molar-refractivity contribution < 1.29 is 4.79 Å². The summed E-state index contributed by atoms with van der Waals surface area (Å²) in [5.41, 5.74) is -0.192. The predicted molar refractivity (Wildman–Crippen MR) is 86.2 cm³/mol. The number of rotatable bonds is 3. The van der Waals surface area contributed by atoms with Gasteiger partial charge in [-0.05, 0) is 32.0 Å². The van der Waals surface area contributed by atoms with Crippen LogP contribution in [-0.2, 0) is 11.3 Å². The molecule has 0 saturated carbocycles. The van der Waals surface area contributed by atoms with Crippen LogP contribution in [0.1, 0.15) is 10.7 Å². The molecule has 3 rings (SSSR count). The maximum Gasteiger partial charge on any atom is 0.262 e. The number of carbonyl (C=O) groups is 1. The van der Waals surface area contributed by atoms with Crippen LogP contribution in [0.4, 0.5) is 5.82 Å². The van der Waals surface area contributed by atoms with Crippen molar-refractivity contribution in [2.45, 2.75) is 20.4 Å². The summed E-state index contributed by atoms with van der Waals surface area (Å²) in [6.45, 7) is 3.57. The Morgan fingerprint density at radius 1 is 1.36 bits per heavy atom. The number of thiophene rings is 1. The van der Waals surface area contributed by atoms with Gasteiger partial charge in [0.2, 0.25) is 5.91 Å². The van der Waals surface area contributed by atoms with Crippen LogP contribution in [0.15, 0.2) is 35.3 Å². The Hall–Kier alpha value is -2.54. The van der Waals surface area contributed by atoms with Crippen molar-refractivity contribution in [1.82, 2.24) is 14.5 Å². The van der Waals surface area contributed by atoms with Crippen LogP contribution in [0.5, 0.6) is 0 Å². The van der Waals surface area contributed by atoms with Crippen molar-refractivity contribution in [2.75, 3.05) is 5.32 Å². The molecule has 0 atom stereocenters. The van der Waals surface area contributed by atoms with Crippen LogP contribution in [0, 0.1) is 13.8 Å². The average molecular weight is 314 g/mol. The number of hydrogen-bond donors (Lipinski definition) is 1. The highest BCUT2D eigenvalue weighted by Gasteiger charge is 2.13. The second-order valence-corrected chi connectivity index (χ2v) is 6.12. The van der Waals surface area contributed by atoms with Gasteiger partial charge in [0.15, 0.2) is 0 Å². The number of aryl methyl sites for hydroxylation is 2. The molecule has 3 aromatic heterocycles. The van der Waals surface area contributed by atoms with E-state index in [1.54, 1.807) is 31.3 Å². The zero-order chi connectivity index (χ0) is 15.7. The third-order valence-corrected chi connectivity index (χ3v) is 4.14. The molecule has 0 saturated heterocycles. The molecule has 1 N–H and O–H groups in total. The van der Waals surface area contributed by atoms with Gasteiger partial charge in [-0.25, -0.2) is 9.97 Å². The van der Waals surface area contributed by atoms with E-state index in [1.165, 1.54) is 15.9 Å². The van der Waals surface area contributed by atoms with E-state index in [-0.39, 0.29) is 18.0 Å². The second kappa shape index (κ2) is 5.69. The Kier molecular flexibility index (Phi) is 3.72. The Balaban J connectivity index is 1.90. The summed E-state index contributed by atoms with van der Waals surface area (Å²) in [5, 5.41) is 3.22. The Labute approximate surface area is 130 Å². The minimum absolute atomic E-state index is 0.0843. The van der Waals surface area contributed by atoms with E-state index in [2.05, 4.69) is 15.3 Å². The first-order valence-electron chi connectivity index (χ1n) is 6.73. The Morgan fingerprint density at radius 3 is 2.91 bits per heavy atom. The van der Waals surface area contributed by atoms with E-state index in [1.807, 2.05) is 13.0 Å². The van der Waals surface area contributed by atoms with Crippen LogP contribution in [-0.4, -0.2) is 20.4 Å². The van der Waals surface area contributed by atoms with Crippen molar-refractivity contribution in [2.24, 2.45) is 0 Å². The minimum Gasteiger partial charge on any atom is -0.309 e. The third-order valence-electron chi connectivity index (χ3n) is 3.20. The van der Waals surface area contributed by atoms with E-state index in [0.717, 1.165) is 4.88 Å². The number of hydrogen-bond acceptors (Lipinski definition) is 5. The smallest absolute Gasteiger partial charge is 0.262 e. The lowest BCUT2D eigenvalue weighted by Crippen LogP contribution is -2.30. The molecule has 0 aromatic carbocycles. The molecule has 0 aliphatic rings. The minimum atomic E-state index is -0.308. The quantitative estimate of drug-likeness (QED) is 0.803. The number of amides is 1. The van der Waals surface area contributed by atoms with Gasteiger partial charge in [-0.15, -0.1) is 11.3 Å². The van der Waals surface area contributed by atoms with Crippen LogP contribution < -0.4 is 10.9 Å². The fourth-order valence-electron chi connectivity index (χ4n) is 2.19. The van der Waals surface area contributed by atoms with Gasteiger partial charge in [0, 0.05) is 11.1 Å². The molecule has 3 aromatic rings. The van der Waals surface area contributed by atoms with Gasteiger partial charge >= 0.3 is 0 Å². The van der Waals surface area contributed by atoms with Crippen LogP contribution in [0.2, 0.25) is 0 Å². The number of pyridine rings is 1. The number of nitrogens with zero attached hydrogens (tertiary/aromatic N) is 3. The molecular formula is C15H14N4O2S. The number of aromatic nitrogens is 3. The summed E-state index contributed by atoms with van der Waals surface area (Å²) in [6, 6.07) is 7.04. The SMILES string of the molecule is Cc1cc2c(=O)n(CC(=O)Nc3ccccn3)c(C)nc2s1. The van der Waals surface area contributed by atoms with Gasteiger partial charge < -0.3 is 5.32 Å². The maximum atomic E-state index is 12.5. The molecule has 22 heavy (non-hydrogen) atoms. The lowest BCUT2D eigenvalue weighted by atomic mass is 10.3. The number of nitrogens with one attached hydrogen (secondary N) is 1. The average Bonchev–Trinajstić information content (AvgIpc) is 2.85. The molecule has 0 aliphatic heterocycles. The van der Waals surface area contributed by atoms with Gasteiger partial charge in [0.1, 0.15) is 23.0 Å². The zero-order valence-electron chi connectivity index (χ0n) is 12.2. The molecule has 0 bridgehead atoms. The Morgan fingerprint density at radius 2 is 2.18 bits per heavy atom. The summed E-state index contributed by atoms with van der Waals surface area (Å²) in [6.07, 6.45) is 1.59. The highest BCUT2D eigenvalue weighted by atomic mass is 32.1. The van der Waals surface area contributed by atoms with Gasteiger partial charge in [0.25, 0.3) is 5.56 Å². The maximum absolute atomic E-state index is 12.5. The molecule has 6 nitrogen and oxygen atoms in total. The third kappa shape index (κ3) is 2.75. The standard InChI is InChI=1S/C15H14N4O2S/c1-9-7-11-14(22-9)17-10(2)19(15(11)21)8-13(20)18-12-5-3-4-6-16-12/h3-7H,8H2,1-2H3,(H,16,18,20).